The Bertz CT molecular complexity index is 833. The van der Waals surface area contributed by atoms with E-state index >= 15 is 0 Å². The minimum Gasteiger partial charge on any atom is -0.351 e. The van der Waals surface area contributed by atoms with Gasteiger partial charge in [0.2, 0.25) is 0 Å². The highest BCUT2D eigenvalue weighted by molar-refractivity contribution is 7.15. The summed E-state index contributed by atoms with van der Waals surface area (Å²) >= 11 is 1.41. The molecule has 0 spiro atoms. The number of hydrogen-bond acceptors (Lipinski definition) is 7. The average Bonchev–Trinajstić information content (AvgIpc) is 2.95. The van der Waals surface area contributed by atoms with Crippen LogP contribution in [0.2, 0.25) is 0 Å². The molecule has 0 aliphatic carbocycles. The second kappa shape index (κ2) is 6.49. The van der Waals surface area contributed by atoms with Crippen LogP contribution in [-0.4, -0.2) is 25.8 Å². The van der Waals surface area contributed by atoms with Crippen LogP contribution in [0.15, 0.2) is 37.1 Å². The normalized spacial score (nSPS) is 10.3. The molecule has 116 valence electrons. The molecule has 7 nitrogen and oxygen atoms in total. The molecule has 2 N–H and O–H groups in total. The van der Waals surface area contributed by atoms with Gasteiger partial charge in [-0.15, -0.1) is 11.3 Å². The number of pyridine rings is 1. The summed E-state index contributed by atoms with van der Waals surface area (Å²) in [6.45, 7) is 3.76. The lowest BCUT2D eigenvalue weighted by Crippen LogP contribution is -2.16. The van der Waals surface area contributed by atoms with E-state index in [4.69, 9.17) is 0 Å². The quantitative estimate of drug-likeness (QED) is 0.766. The number of hydrogen-bond donors (Lipinski definition) is 2. The van der Waals surface area contributed by atoms with Crippen LogP contribution in [0.1, 0.15) is 21.1 Å². The van der Waals surface area contributed by atoms with Gasteiger partial charge in [0.15, 0.2) is 10.8 Å². The molecule has 23 heavy (non-hydrogen) atoms. The number of rotatable bonds is 4. The number of aryl methyl sites for hydroxylation is 2. The zero-order chi connectivity index (χ0) is 16.2. The molecule has 0 saturated carbocycles. The number of carbonyl (C=O) groups is 1. The van der Waals surface area contributed by atoms with E-state index < -0.39 is 0 Å². The van der Waals surface area contributed by atoms with Gasteiger partial charge < -0.3 is 5.32 Å². The first kappa shape index (κ1) is 15.0. The molecule has 0 bridgehead atoms. The van der Waals surface area contributed by atoms with Crippen LogP contribution >= 0.6 is 11.3 Å². The summed E-state index contributed by atoms with van der Waals surface area (Å²) in [4.78, 5) is 29.9. The summed E-state index contributed by atoms with van der Waals surface area (Å²) in [5.74, 6) is -0.317. The van der Waals surface area contributed by atoms with E-state index in [1.54, 1.807) is 24.7 Å². The van der Waals surface area contributed by atoms with E-state index in [-0.39, 0.29) is 5.91 Å². The summed E-state index contributed by atoms with van der Waals surface area (Å²) in [5, 5.41) is 6.42. The van der Waals surface area contributed by atoms with Crippen molar-refractivity contribution in [2.24, 2.45) is 0 Å². The lowest BCUT2D eigenvalue weighted by atomic mass is 10.2. The fraction of sp³-hybridized carbons (Fsp3) is 0.133. The fourth-order valence-electron chi connectivity index (χ4n) is 1.92. The molecule has 0 saturated heterocycles. The maximum Gasteiger partial charge on any atom is 0.278 e. The molecular weight excluding hydrogens is 312 g/mol. The van der Waals surface area contributed by atoms with Crippen LogP contribution in [0.5, 0.6) is 0 Å². The molecule has 3 heterocycles. The molecular formula is C15H14N6OS. The van der Waals surface area contributed by atoms with Gasteiger partial charge in [0, 0.05) is 16.8 Å². The van der Waals surface area contributed by atoms with Crippen LogP contribution in [-0.2, 0) is 0 Å². The van der Waals surface area contributed by atoms with Crippen LogP contribution in [0.3, 0.4) is 0 Å². The molecule has 1 amide bonds. The van der Waals surface area contributed by atoms with E-state index in [0.29, 0.717) is 22.2 Å². The summed E-state index contributed by atoms with van der Waals surface area (Å²) in [5.41, 5.74) is 2.30. The molecule has 0 atom stereocenters. The Balaban J connectivity index is 1.88. The smallest absolute Gasteiger partial charge is 0.278 e. The Kier molecular flexibility index (Phi) is 4.24. The second-order valence-electron chi connectivity index (χ2n) is 4.83. The van der Waals surface area contributed by atoms with Gasteiger partial charge in [-0.2, -0.15) is 0 Å². The zero-order valence-electron chi connectivity index (χ0n) is 12.6. The van der Waals surface area contributed by atoms with Crippen molar-refractivity contribution < 1.29 is 4.79 Å². The van der Waals surface area contributed by atoms with Gasteiger partial charge in [0.05, 0.1) is 23.8 Å². The third-order valence-electron chi connectivity index (χ3n) is 2.93. The maximum absolute atomic E-state index is 12.5. The van der Waals surface area contributed by atoms with Gasteiger partial charge in [-0.1, -0.05) is 0 Å². The molecule has 0 radical (unpaired) electrons. The number of amides is 1. The van der Waals surface area contributed by atoms with Crippen LogP contribution in [0.25, 0.3) is 0 Å². The van der Waals surface area contributed by atoms with Crippen molar-refractivity contribution in [1.29, 1.82) is 0 Å². The Labute approximate surface area is 136 Å². The van der Waals surface area contributed by atoms with Gasteiger partial charge in [0.25, 0.3) is 5.91 Å². The third-order valence-corrected chi connectivity index (χ3v) is 3.76. The molecule has 8 heteroatoms. The summed E-state index contributed by atoms with van der Waals surface area (Å²) in [6, 6.07) is 3.63. The number of anilines is 3. The van der Waals surface area contributed by atoms with E-state index in [2.05, 4.69) is 30.6 Å². The predicted molar refractivity (Wildman–Crippen MR) is 89.1 cm³/mol. The minimum absolute atomic E-state index is 0.293. The largest absolute Gasteiger partial charge is 0.351 e. The van der Waals surface area contributed by atoms with Crippen molar-refractivity contribution in [3.05, 3.63) is 53.3 Å². The molecule has 0 aromatic carbocycles. The molecule has 0 fully saturated rings. The second-order valence-corrected chi connectivity index (χ2v) is 6.07. The van der Waals surface area contributed by atoms with E-state index in [1.165, 1.54) is 17.7 Å². The summed E-state index contributed by atoms with van der Waals surface area (Å²) in [6.07, 6.45) is 6.40. The van der Waals surface area contributed by atoms with E-state index in [1.807, 2.05) is 19.9 Å². The van der Waals surface area contributed by atoms with Gasteiger partial charge >= 0.3 is 0 Å². The number of nitrogens with one attached hydrogen (secondary N) is 2. The molecule has 3 rings (SSSR count). The van der Waals surface area contributed by atoms with Crippen molar-refractivity contribution in [3.63, 3.8) is 0 Å². The van der Waals surface area contributed by atoms with Crippen LogP contribution < -0.4 is 10.6 Å². The fourth-order valence-corrected chi connectivity index (χ4v) is 2.58. The average molecular weight is 326 g/mol. The van der Waals surface area contributed by atoms with Crippen molar-refractivity contribution in [3.8, 4) is 0 Å². The lowest BCUT2D eigenvalue weighted by molar-refractivity contribution is 0.102. The molecule has 0 aliphatic rings. The van der Waals surface area contributed by atoms with Crippen molar-refractivity contribution in [2.45, 2.75) is 13.8 Å². The van der Waals surface area contributed by atoms with Gasteiger partial charge in [-0.3, -0.25) is 10.1 Å². The van der Waals surface area contributed by atoms with Crippen LogP contribution in [0, 0.1) is 13.8 Å². The van der Waals surface area contributed by atoms with Crippen molar-refractivity contribution in [1.82, 2.24) is 19.9 Å². The van der Waals surface area contributed by atoms with Crippen molar-refractivity contribution >= 4 is 33.8 Å². The van der Waals surface area contributed by atoms with Gasteiger partial charge in [-0.05, 0) is 26.0 Å². The van der Waals surface area contributed by atoms with E-state index in [9.17, 15) is 4.79 Å². The molecule has 3 aromatic heterocycles. The minimum atomic E-state index is -0.317. The highest BCUT2D eigenvalue weighted by Crippen LogP contribution is 2.22. The highest BCUT2D eigenvalue weighted by atomic mass is 32.1. The molecule has 0 aliphatic heterocycles. The Morgan fingerprint density at radius 2 is 1.91 bits per heavy atom. The topological polar surface area (TPSA) is 92.7 Å². The molecule has 0 unspecified atom stereocenters. The summed E-state index contributed by atoms with van der Waals surface area (Å²) in [7, 11) is 0. The highest BCUT2D eigenvalue weighted by Gasteiger charge is 2.15. The SMILES string of the molecule is Cc1ccc(Nc2cncnc2)c(C(=O)Nc2ncc(C)s2)n1. The number of nitrogens with zero attached hydrogens (tertiary/aromatic N) is 4. The first-order valence-corrected chi connectivity index (χ1v) is 7.67. The summed E-state index contributed by atoms with van der Waals surface area (Å²) < 4.78 is 0. The van der Waals surface area contributed by atoms with E-state index in [0.717, 1.165) is 10.6 Å². The number of thiazole rings is 1. The Morgan fingerprint density at radius 3 is 2.61 bits per heavy atom. The van der Waals surface area contributed by atoms with Gasteiger partial charge in [0.1, 0.15) is 6.33 Å². The number of carbonyl (C=O) groups excluding carboxylic acids is 1. The van der Waals surface area contributed by atoms with Gasteiger partial charge in [-0.25, -0.2) is 19.9 Å². The Morgan fingerprint density at radius 1 is 1.13 bits per heavy atom. The third kappa shape index (κ3) is 3.67. The van der Waals surface area contributed by atoms with Crippen molar-refractivity contribution in [2.75, 3.05) is 10.6 Å². The Hall–Kier alpha value is -2.87. The first-order chi connectivity index (χ1) is 11.1. The standard InChI is InChI=1S/C15H14N6OS/c1-9-3-4-12(20-11-6-16-8-17-7-11)13(19-9)14(22)21-15-18-5-10(2)23-15/h3-8,20H,1-2H3,(H,18,21,22). The zero-order valence-corrected chi connectivity index (χ0v) is 13.4. The van der Waals surface area contributed by atoms with Crippen LogP contribution in [0.4, 0.5) is 16.5 Å². The first-order valence-electron chi connectivity index (χ1n) is 6.85. The molecule has 3 aromatic rings. The lowest BCUT2D eigenvalue weighted by Gasteiger charge is -2.11. The monoisotopic (exact) mass is 326 g/mol. The number of aromatic nitrogens is 4. The maximum atomic E-state index is 12.5. The predicted octanol–water partition coefficient (Wildman–Crippen LogP) is 2.94.